The van der Waals surface area contributed by atoms with Crippen molar-refractivity contribution >= 4 is 17.5 Å². The van der Waals surface area contributed by atoms with Crippen molar-refractivity contribution in [1.82, 2.24) is 14.9 Å². The van der Waals surface area contributed by atoms with Gasteiger partial charge in [-0.2, -0.15) is 0 Å². The molecule has 0 aliphatic carbocycles. The molecular formula is C17H18ClN3O. The maximum Gasteiger partial charge on any atom is 0.274 e. The number of hydrogen-bond acceptors (Lipinski definition) is 3. The first kappa shape index (κ1) is 15.0. The van der Waals surface area contributed by atoms with Crippen LogP contribution < -0.4 is 0 Å². The highest BCUT2D eigenvalue weighted by molar-refractivity contribution is 6.33. The number of nitrogens with zero attached hydrogens (tertiary/aromatic N) is 3. The molecule has 5 heteroatoms. The first-order valence-corrected chi connectivity index (χ1v) is 7.80. The lowest BCUT2D eigenvalue weighted by Gasteiger charge is -2.27. The Kier molecular flexibility index (Phi) is 4.12. The summed E-state index contributed by atoms with van der Waals surface area (Å²) in [5, 5.41) is 0.301. The quantitative estimate of drug-likeness (QED) is 0.851. The minimum atomic E-state index is -0.120. The van der Waals surface area contributed by atoms with Crippen molar-refractivity contribution in [2.45, 2.75) is 38.3 Å². The number of aromatic nitrogens is 2. The molecule has 0 radical (unpaired) electrons. The smallest absolute Gasteiger partial charge is 0.274 e. The van der Waals surface area contributed by atoms with Gasteiger partial charge in [-0.25, -0.2) is 9.97 Å². The fraction of sp³-hybridized carbons (Fsp3) is 0.353. The van der Waals surface area contributed by atoms with E-state index in [1.54, 1.807) is 0 Å². The highest BCUT2D eigenvalue weighted by Gasteiger charge is 2.40. The van der Waals surface area contributed by atoms with Crippen molar-refractivity contribution < 1.29 is 4.79 Å². The second kappa shape index (κ2) is 6.05. The number of rotatable bonds is 2. The molecule has 0 spiro atoms. The van der Waals surface area contributed by atoms with Crippen LogP contribution in [0, 0.1) is 0 Å². The third-order valence-corrected chi connectivity index (χ3v) is 4.70. The van der Waals surface area contributed by atoms with Gasteiger partial charge in [-0.05, 0) is 25.8 Å². The summed E-state index contributed by atoms with van der Waals surface area (Å²) in [5.74, 6) is 0.214. The highest BCUT2D eigenvalue weighted by Crippen LogP contribution is 2.38. The minimum Gasteiger partial charge on any atom is -0.331 e. The maximum atomic E-state index is 12.8. The zero-order valence-corrected chi connectivity index (χ0v) is 13.4. The third kappa shape index (κ3) is 2.59. The molecule has 22 heavy (non-hydrogen) atoms. The Bertz CT molecular complexity index is 677. The predicted octanol–water partition coefficient (Wildman–Crippen LogP) is 3.54. The fourth-order valence-electron chi connectivity index (χ4n) is 3.37. The van der Waals surface area contributed by atoms with Gasteiger partial charge >= 0.3 is 0 Å². The van der Waals surface area contributed by atoms with Gasteiger partial charge in [0.2, 0.25) is 0 Å². The summed E-state index contributed by atoms with van der Waals surface area (Å²) in [6.07, 6.45) is 3.76. The van der Waals surface area contributed by atoms with Crippen molar-refractivity contribution in [2.24, 2.45) is 0 Å². The fourth-order valence-corrected chi connectivity index (χ4v) is 3.55. The molecule has 2 aromatic rings. The van der Waals surface area contributed by atoms with Gasteiger partial charge in [0.05, 0.1) is 5.02 Å². The molecule has 3 rings (SSSR count). The van der Waals surface area contributed by atoms with Crippen molar-refractivity contribution in [3.8, 4) is 0 Å². The molecule has 1 saturated heterocycles. The Balaban J connectivity index is 1.89. The molecule has 1 fully saturated rings. The van der Waals surface area contributed by atoms with Crippen molar-refractivity contribution in [3.63, 3.8) is 0 Å². The lowest BCUT2D eigenvalue weighted by atomic mass is 9.92. The van der Waals surface area contributed by atoms with Gasteiger partial charge in [-0.1, -0.05) is 41.9 Å². The van der Waals surface area contributed by atoms with Crippen molar-refractivity contribution in [3.05, 3.63) is 59.1 Å². The van der Waals surface area contributed by atoms with Crippen LogP contribution in [-0.4, -0.2) is 32.9 Å². The molecule has 1 aliphatic heterocycles. The summed E-state index contributed by atoms with van der Waals surface area (Å²) >= 11 is 6.07. The topological polar surface area (TPSA) is 46.1 Å². The Morgan fingerprint density at radius 2 is 2.00 bits per heavy atom. The van der Waals surface area contributed by atoms with Crippen LogP contribution in [0.5, 0.6) is 0 Å². The zero-order chi connectivity index (χ0) is 15.7. The van der Waals surface area contributed by atoms with E-state index in [9.17, 15) is 4.79 Å². The van der Waals surface area contributed by atoms with E-state index >= 15 is 0 Å². The van der Waals surface area contributed by atoms with E-state index in [1.165, 1.54) is 18.1 Å². The van der Waals surface area contributed by atoms with Crippen LogP contribution in [0.25, 0.3) is 0 Å². The number of halogens is 1. The summed E-state index contributed by atoms with van der Waals surface area (Å²) in [5.41, 5.74) is 1.55. The summed E-state index contributed by atoms with van der Waals surface area (Å²) in [6.45, 7) is 4.17. The lowest BCUT2D eigenvalue weighted by Crippen LogP contribution is -2.40. The van der Waals surface area contributed by atoms with E-state index in [2.05, 4.69) is 35.9 Å². The predicted molar refractivity (Wildman–Crippen MR) is 85.9 cm³/mol. The Hall–Kier alpha value is -1.94. The van der Waals surface area contributed by atoms with Crippen LogP contribution in [0.2, 0.25) is 5.02 Å². The number of carbonyl (C=O) groups excluding carboxylic acids is 1. The molecule has 0 unspecified atom stereocenters. The minimum absolute atomic E-state index is 0.107. The molecule has 2 heterocycles. The summed E-state index contributed by atoms with van der Waals surface area (Å²) < 4.78 is 0. The van der Waals surface area contributed by atoms with Crippen molar-refractivity contribution in [1.29, 1.82) is 0 Å². The van der Waals surface area contributed by atoms with Crippen LogP contribution in [0.4, 0.5) is 0 Å². The Morgan fingerprint density at radius 1 is 1.27 bits per heavy atom. The number of hydrogen-bond donors (Lipinski definition) is 0. The van der Waals surface area contributed by atoms with Gasteiger partial charge < -0.3 is 4.90 Å². The van der Waals surface area contributed by atoms with Gasteiger partial charge in [0, 0.05) is 24.2 Å². The molecule has 0 saturated carbocycles. The Morgan fingerprint density at radius 3 is 2.68 bits per heavy atom. The molecule has 1 aromatic heterocycles. The largest absolute Gasteiger partial charge is 0.331 e. The van der Waals surface area contributed by atoms with Crippen LogP contribution in [0.15, 0.2) is 42.9 Å². The molecule has 0 bridgehead atoms. The number of amides is 1. The number of carbonyl (C=O) groups is 1. The normalized spacial score (nSPS) is 24.5. The first-order chi connectivity index (χ1) is 10.6. The van der Waals surface area contributed by atoms with Crippen LogP contribution in [-0.2, 0) is 0 Å². The molecular weight excluding hydrogens is 298 g/mol. The average Bonchev–Trinajstić information content (AvgIpc) is 2.83. The molecule has 1 aromatic carbocycles. The molecule has 3 atom stereocenters. The van der Waals surface area contributed by atoms with E-state index < -0.39 is 0 Å². The van der Waals surface area contributed by atoms with Gasteiger partial charge in [-0.3, -0.25) is 4.79 Å². The zero-order valence-electron chi connectivity index (χ0n) is 12.6. The summed E-state index contributed by atoms with van der Waals surface area (Å²) in [7, 11) is 0. The lowest BCUT2D eigenvalue weighted by molar-refractivity contribution is 0.0682. The Labute approximate surface area is 135 Å². The second-order valence-electron chi connectivity index (χ2n) is 5.77. The van der Waals surface area contributed by atoms with Crippen LogP contribution >= 0.6 is 11.6 Å². The van der Waals surface area contributed by atoms with E-state index in [0.29, 0.717) is 10.9 Å². The van der Waals surface area contributed by atoms with E-state index in [4.69, 9.17) is 11.6 Å². The van der Waals surface area contributed by atoms with E-state index in [0.717, 1.165) is 6.42 Å². The van der Waals surface area contributed by atoms with Crippen molar-refractivity contribution in [2.75, 3.05) is 0 Å². The standard InChI is InChI=1S/C17H18ClN3O/c1-11-8-14(13-6-4-3-5-7-13)12(2)21(11)17(22)16-15(18)9-19-10-20-16/h3-7,9-12,14H,8H2,1-2H3/t11-,12+,14+/m1/s1. The number of benzene rings is 1. The molecule has 1 amide bonds. The van der Waals surface area contributed by atoms with Crippen LogP contribution in [0.1, 0.15) is 42.2 Å². The third-order valence-electron chi connectivity index (χ3n) is 4.42. The van der Waals surface area contributed by atoms with Crippen LogP contribution in [0.3, 0.4) is 0 Å². The summed E-state index contributed by atoms with van der Waals surface area (Å²) in [6, 6.07) is 10.6. The highest BCUT2D eigenvalue weighted by atomic mass is 35.5. The van der Waals surface area contributed by atoms with Gasteiger partial charge in [0.25, 0.3) is 5.91 Å². The molecule has 0 N–H and O–H groups in total. The first-order valence-electron chi connectivity index (χ1n) is 7.42. The summed E-state index contributed by atoms with van der Waals surface area (Å²) in [4.78, 5) is 22.6. The average molecular weight is 316 g/mol. The van der Waals surface area contributed by atoms with E-state index in [1.807, 2.05) is 23.1 Å². The van der Waals surface area contributed by atoms with Gasteiger partial charge in [0.15, 0.2) is 0 Å². The molecule has 114 valence electrons. The monoisotopic (exact) mass is 315 g/mol. The second-order valence-corrected chi connectivity index (χ2v) is 6.18. The maximum absolute atomic E-state index is 12.8. The molecule has 1 aliphatic rings. The SMILES string of the molecule is C[C@@H]1C[C@H](c2ccccc2)[C@H](C)N1C(=O)c1ncncc1Cl. The van der Waals surface area contributed by atoms with Gasteiger partial charge in [0.1, 0.15) is 12.0 Å². The van der Waals surface area contributed by atoms with E-state index in [-0.39, 0.29) is 23.7 Å². The number of likely N-dealkylation sites (tertiary alicyclic amines) is 1. The van der Waals surface area contributed by atoms with Gasteiger partial charge in [-0.15, -0.1) is 0 Å². The molecule has 4 nitrogen and oxygen atoms in total.